The Bertz CT molecular complexity index is 435. The van der Waals surface area contributed by atoms with E-state index >= 15 is 0 Å². The van der Waals surface area contributed by atoms with Gasteiger partial charge in [-0.2, -0.15) is 0 Å². The van der Waals surface area contributed by atoms with Gasteiger partial charge < -0.3 is 10.8 Å². The van der Waals surface area contributed by atoms with Gasteiger partial charge in [-0.3, -0.25) is 10.1 Å². The van der Waals surface area contributed by atoms with Gasteiger partial charge in [0, 0.05) is 5.56 Å². The molecule has 0 saturated carbocycles. The maximum Gasteiger partial charge on any atom is 0.147 e. The average Bonchev–Trinajstić information content (AvgIpc) is 2.28. The number of ketones is 1. The topological polar surface area (TPSA) is 75.3 Å². The first-order valence-electron chi connectivity index (χ1n) is 5.83. The second-order valence-corrected chi connectivity index (χ2v) is 5.03. The molecule has 4 nitrogen and oxygen atoms in total. The molecule has 0 heterocycles. The number of benzene rings is 1. The van der Waals surface area contributed by atoms with Crippen LogP contribution in [0.15, 0.2) is 18.2 Å². The minimum absolute atomic E-state index is 0.0240. The molecule has 4 N–H and O–H groups in total. The number of rotatable bonds is 5. The Labute approximate surface area is 112 Å². The SMILES string of the molecule is CC(=O)[C@@H](NC(O)c1cccc(N)c1Cl)C(C)C. The van der Waals surface area contributed by atoms with E-state index in [1.54, 1.807) is 18.2 Å². The fourth-order valence-electron chi connectivity index (χ4n) is 1.82. The van der Waals surface area contributed by atoms with Gasteiger partial charge >= 0.3 is 0 Å². The van der Waals surface area contributed by atoms with Gasteiger partial charge in [0.05, 0.1) is 16.8 Å². The number of carbonyl (C=O) groups is 1. The van der Waals surface area contributed by atoms with Crippen LogP contribution >= 0.6 is 11.6 Å². The zero-order valence-corrected chi connectivity index (χ0v) is 11.5. The van der Waals surface area contributed by atoms with Gasteiger partial charge in [0.1, 0.15) is 12.0 Å². The third kappa shape index (κ3) is 3.45. The maximum atomic E-state index is 11.5. The first kappa shape index (κ1) is 15.0. The number of aliphatic hydroxyl groups excluding tert-OH is 1. The Morgan fingerprint density at radius 2 is 2.06 bits per heavy atom. The van der Waals surface area contributed by atoms with Crippen molar-refractivity contribution < 1.29 is 9.90 Å². The maximum absolute atomic E-state index is 11.5. The highest BCUT2D eigenvalue weighted by molar-refractivity contribution is 6.33. The van der Waals surface area contributed by atoms with Crippen LogP contribution in [0.2, 0.25) is 5.02 Å². The van der Waals surface area contributed by atoms with Crippen LogP contribution in [0.25, 0.3) is 0 Å². The summed E-state index contributed by atoms with van der Waals surface area (Å²) in [6.07, 6.45) is -1.02. The monoisotopic (exact) mass is 270 g/mol. The standard InChI is InChI=1S/C13H19ClN2O2/c1-7(2)12(8(3)17)16-13(18)9-5-4-6-10(15)11(9)14/h4-7,12-13,16,18H,15H2,1-3H3/t12-,13?/m0/s1. The first-order chi connectivity index (χ1) is 8.34. The van der Waals surface area contributed by atoms with E-state index in [9.17, 15) is 9.90 Å². The van der Waals surface area contributed by atoms with Gasteiger partial charge in [-0.15, -0.1) is 0 Å². The Hall–Kier alpha value is -1.10. The van der Waals surface area contributed by atoms with Crippen molar-refractivity contribution in [3.63, 3.8) is 0 Å². The zero-order chi connectivity index (χ0) is 13.9. The summed E-state index contributed by atoms with van der Waals surface area (Å²) in [5.41, 5.74) is 6.55. The van der Waals surface area contributed by atoms with Gasteiger partial charge in [0.15, 0.2) is 0 Å². The van der Waals surface area contributed by atoms with Crippen LogP contribution in [-0.2, 0) is 4.79 Å². The summed E-state index contributed by atoms with van der Waals surface area (Å²) in [6, 6.07) is 4.62. The molecule has 0 radical (unpaired) electrons. The van der Waals surface area contributed by atoms with E-state index in [2.05, 4.69) is 5.32 Å². The highest BCUT2D eigenvalue weighted by Gasteiger charge is 2.23. The van der Waals surface area contributed by atoms with Crippen molar-refractivity contribution in [1.82, 2.24) is 5.32 Å². The fraction of sp³-hybridized carbons (Fsp3) is 0.462. The van der Waals surface area contributed by atoms with E-state index < -0.39 is 12.3 Å². The first-order valence-corrected chi connectivity index (χ1v) is 6.20. The van der Waals surface area contributed by atoms with Crippen LogP contribution in [0, 0.1) is 5.92 Å². The van der Waals surface area contributed by atoms with Gasteiger partial charge in [0.2, 0.25) is 0 Å². The van der Waals surface area contributed by atoms with Crippen molar-refractivity contribution in [3.8, 4) is 0 Å². The lowest BCUT2D eigenvalue weighted by Gasteiger charge is -2.24. The molecule has 2 atom stereocenters. The Morgan fingerprint density at radius 1 is 1.44 bits per heavy atom. The molecule has 1 aromatic carbocycles. The molecule has 0 spiro atoms. The molecule has 18 heavy (non-hydrogen) atoms. The molecule has 0 aliphatic heterocycles. The molecule has 0 bridgehead atoms. The number of carbonyl (C=O) groups excluding carboxylic acids is 1. The smallest absolute Gasteiger partial charge is 0.147 e. The quantitative estimate of drug-likeness (QED) is 0.566. The number of aliphatic hydroxyl groups is 1. The number of hydrogen-bond donors (Lipinski definition) is 3. The van der Waals surface area contributed by atoms with Crippen LogP contribution < -0.4 is 11.1 Å². The lowest BCUT2D eigenvalue weighted by Crippen LogP contribution is -2.42. The highest BCUT2D eigenvalue weighted by Crippen LogP contribution is 2.27. The van der Waals surface area contributed by atoms with Gasteiger partial charge in [0.25, 0.3) is 0 Å². The second-order valence-electron chi connectivity index (χ2n) is 4.65. The summed E-state index contributed by atoms with van der Waals surface area (Å²) in [6.45, 7) is 5.31. The van der Waals surface area contributed by atoms with E-state index in [1.807, 2.05) is 13.8 Å². The van der Waals surface area contributed by atoms with Crippen molar-refractivity contribution in [2.45, 2.75) is 33.0 Å². The number of nitrogens with one attached hydrogen (secondary N) is 1. The molecule has 0 aliphatic rings. The molecule has 0 amide bonds. The van der Waals surface area contributed by atoms with Crippen molar-refractivity contribution >= 4 is 23.1 Å². The number of nitrogen functional groups attached to an aromatic ring is 1. The van der Waals surface area contributed by atoms with Crippen molar-refractivity contribution in [1.29, 1.82) is 0 Å². The van der Waals surface area contributed by atoms with Crippen LogP contribution in [0.1, 0.15) is 32.6 Å². The lowest BCUT2D eigenvalue weighted by molar-refractivity contribution is -0.121. The largest absolute Gasteiger partial charge is 0.398 e. The summed E-state index contributed by atoms with van der Waals surface area (Å²) in [4.78, 5) is 11.5. The molecule has 1 rings (SSSR count). The van der Waals surface area contributed by atoms with E-state index in [-0.39, 0.29) is 11.7 Å². The average molecular weight is 271 g/mol. The summed E-state index contributed by atoms with van der Waals surface area (Å²) in [5.74, 6) is 0.0565. The van der Waals surface area contributed by atoms with Crippen LogP contribution in [-0.4, -0.2) is 16.9 Å². The van der Waals surface area contributed by atoms with Crippen molar-refractivity contribution in [3.05, 3.63) is 28.8 Å². The number of Topliss-reactive ketones (excluding diaryl/α,β-unsaturated/α-hetero) is 1. The van der Waals surface area contributed by atoms with E-state index in [0.717, 1.165) is 0 Å². The summed E-state index contributed by atoms with van der Waals surface area (Å²) in [5, 5.41) is 13.3. The third-order valence-corrected chi connectivity index (χ3v) is 3.23. The van der Waals surface area contributed by atoms with E-state index in [1.165, 1.54) is 6.92 Å². The number of halogens is 1. The fourth-order valence-corrected chi connectivity index (χ4v) is 2.05. The van der Waals surface area contributed by atoms with Gasteiger partial charge in [-0.05, 0) is 18.9 Å². The van der Waals surface area contributed by atoms with Crippen LogP contribution in [0.5, 0.6) is 0 Å². The Kier molecular flexibility index (Phi) is 5.14. The molecule has 100 valence electrons. The van der Waals surface area contributed by atoms with E-state index in [4.69, 9.17) is 17.3 Å². The van der Waals surface area contributed by atoms with Crippen LogP contribution in [0.3, 0.4) is 0 Å². The predicted molar refractivity (Wildman–Crippen MR) is 73.3 cm³/mol. The predicted octanol–water partition coefficient (Wildman–Crippen LogP) is 2.12. The third-order valence-electron chi connectivity index (χ3n) is 2.80. The molecule has 0 fully saturated rings. The molecule has 5 heteroatoms. The lowest BCUT2D eigenvalue weighted by atomic mass is 10.00. The van der Waals surface area contributed by atoms with E-state index in [0.29, 0.717) is 16.3 Å². The Balaban J connectivity index is 2.90. The number of nitrogens with two attached hydrogens (primary N) is 1. The Morgan fingerprint density at radius 3 is 2.56 bits per heavy atom. The highest BCUT2D eigenvalue weighted by atomic mass is 35.5. The minimum Gasteiger partial charge on any atom is -0.398 e. The summed E-state index contributed by atoms with van der Waals surface area (Å²) >= 11 is 6.02. The molecule has 0 saturated heterocycles. The number of hydrogen-bond acceptors (Lipinski definition) is 4. The summed E-state index contributed by atoms with van der Waals surface area (Å²) < 4.78 is 0. The molecule has 1 aromatic rings. The minimum atomic E-state index is -1.02. The molecular formula is C13H19ClN2O2. The molecule has 0 aliphatic carbocycles. The normalized spacial score (nSPS) is 14.6. The molecule has 1 unspecified atom stereocenters. The van der Waals surface area contributed by atoms with Gasteiger partial charge in [-0.25, -0.2) is 0 Å². The number of anilines is 1. The van der Waals surface area contributed by atoms with Crippen molar-refractivity contribution in [2.24, 2.45) is 5.92 Å². The molecular weight excluding hydrogens is 252 g/mol. The zero-order valence-electron chi connectivity index (χ0n) is 10.8. The van der Waals surface area contributed by atoms with Gasteiger partial charge in [-0.1, -0.05) is 37.6 Å². The van der Waals surface area contributed by atoms with Crippen LogP contribution in [0.4, 0.5) is 5.69 Å². The summed E-state index contributed by atoms with van der Waals surface area (Å²) in [7, 11) is 0. The second kappa shape index (κ2) is 6.18. The molecule has 0 aromatic heterocycles. The van der Waals surface area contributed by atoms with Crippen molar-refractivity contribution in [2.75, 3.05) is 5.73 Å².